The lowest BCUT2D eigenvalue weighted by Gasteiger charge is -2.60. The first kappa shape index (κ1) is 19.9. The van der Waals surface area contributed by atoms with Gasteiger partial charge in [-0.2, -0.15) is 0 Å². The van der Waals surface area contributed by atoms with Gasteiger partial charge in [0, 0.05) is 18.2 Å². The Labute approximate surface area is 171 Å². The fourth-order valence-corrected chi connectivity index (χ4v) is 6.49. The minimum Gasteiger partial charge on any atom is -0.455 e. The van der Waals surface area contributed by atoms with Crippen molar-refractivity contribution in [1.29, 1.82) is 0 Å². The average molecular weight is 399 g/mol. The van der Waals surface area contributed by atoms with Gasteiger partial charge in [-0.3, -0.25) is 14.4 Å². The highest BCUT2D eigenvalue weighted by Crippen LogP contribution is 2.62. The highest BCUT2D eigenvalue weighted by atomic mass is 16.5. The molecule has 6 heteroatoms. The zero-order valence-electron chi connectivity index (χ0n) is 17.5. The number of rotatable bonds is 5. The van der Waals surface area contributed by atoms with Crippen molar-refractivity contribution in [2.24, 2.45) is 17.3 Å². The Morgan fingerprint density at radius 3 is 2.28 bits per heavy atom. The Morgan fingerprint density at radius 1 is 1.07 bits per heavy atom. The van der Waals surface area contributed by atoms with Crippen molar-refractivity contribution in [3.05, 3.63) is 29.3 Å². The Morgan fingerprint density at radius 2 is 1.69 bits per heavy atom. The van der Waals surface area contributed by atoms with Gasteiger partial charge >= 0.3 is 5.97 Å². The summed E-state index contributed by atoms with van der Waals surface area (Å²) in [6.07, 6.45) is 5.27. The monoisotopic (exact) mass is 398 g/mol. The van der Waals surface area contributed by atoms with E-state index in [1.165, 1.54) is 0 Å². The van der Waals surface area contributed by atoms with E-state index in [0.717, 1.165) is 48.9 Å². The Balaban J connectivity index is 1.42. The van der Waals surface area contributed by atoms with E-state index >= 15 is 0 Å². The first-order valence-corrected chi connectivity index (χ1v) is 10.5. The molecule has 2 unspecified atom stereocenters. The molecule has 29 heavy (non-hydrogen) atoms. The maximum Gasteiger partial charge on any atom is 0.312 e. The largest absolute Gasteiger partial charge is 0.455 e. The van der Waals surface area contributed by atoms with Gasteiger partial charge in [0.25, 0.3) is 5.91 Å². The van der Waals surface area contributed by atoms with Crippen molar-refractivity contribution in [2.75, 3.05) is 11.9 Å². The first-order valence-electron chi connectivity index (χ1n) is 10.5. The zero-order chi connectivity index (χ0) is 20.8. The summed E-state index contributed by atoms with van der Waals surface area (Å²) in [4.78, 5) is 37.3. The van der Waals surface area contributed by atoms with Crippen molar-refractivity contribution in [3.8, 4) is 0 Å². The molecule has 4 bridgehead atoms. The van der Waals surface area contributed by atoms with Gasteiger partial charge < -0.3 is 15.4 Å². The van der Waals surface area contributed by atoms with Crippen molar-refractivity contribution < 1.29 is 19.1 Å². The molecule has 6 nitrogen and oxygen atoms in total. The molecule has 0 radical (unpaired) electrons. The summed E-state index contributed by atoms with van der Waals surface area (Å²) in [6, 6.07) is 5.81. The smallest absolute Gasteiger partial charge is 0.312 e. The Kier molecular flexibility index (Phi) is 4.91. The number of aryl methyl sites for hydroxylation is 2. The van der Waals surface area contributed by atoms with Crippen molar-refractivity contribution in [1.82, 2.24) is 5.32 Å². The molecule has 2 atom stereocenters. The summed E-state index contributed by atoms with van der Waals surface area (Å²) in [5.74, 6) is 0.247. The molecule has 4 aliphatic rings. The molecule has 4 aliphatic carbocycles. The molecule has 2 amide bonds. The van der Waals surface area contributed by atoms with E-state index in [-0.39, 0.29) is 29.9 Å². The van der Waals surface area contributed by atoms with E-state index in [4.69, 9.17) is 4.74 Å². The van der Waals surface area contributed by atoms with E-state index in [0.29, 0.717) is 18.3 Å². The standard InChI is InChI=1S/C23H30N2O4/c1-14-5-4-6-15(2)20(14)24-19(27)12-29-21(28)22-8-17-7-18(9-22)11-23(10-17,13-22)25-16(3)26/h4-6,17-18H,7-13H2,1-3H3,(H,24,27)(H,25,26). The summed E-state index contributed by atoms with van der Waals surface area (Å²) >= 11 is 0. The van der Waals surface area contributed by atoms with Crippen LogP contribution in [0, 0.1) is 31.1 Å². The van der Waals surface area contributed by atoms with Crippen LogP contribution in [0.1, 0.15) is 56.6 Å². The number of hydrogen-bond donors (Lipinski definition) is 2. The normalized spacial score (nSPS) is 32.0. The lowest BCUT2D eigenvalue weighted by molar-refractivity contribution is -0.176. The van der Waals surface area contributed by atoms with Gasteiger partial charge in [0.1, 0.15) is 0 Å². The number of esters is 1. The van der Waals surface area contributed by atoms with Gasteiger partial charge in [-0.05, 0) is 75.3 Å². The molecule has 4 saturated carbocycles. The minimum atomic E-state index is -0.564. The molecular weight excluding hydrogens is 368 g/mol. The number of benzene rings is 1. The van der Waals surface area contributed by atoms with Crippen LogP contribution in [-0.2, 0) is 19.1 Å². The number of carbonyl (C=O) groups excluding carboxylic acids is 3. The second-order valence-corrected chi connectivity index (χ2v) is 9.59. The second-order valence-electron chi connectivity index (χ2n) is 9.59. The number of hydrogen-bond acceptors (Lipinski definition) is 4. The number of carbonyl (C=O) groups is 3. The summed E-state index contributed by atoms with van der Waals surface area (Å²) in [5, 5.41) is 6.02. The molecule has 1 aromatic carbocycles. The van der Waals surface area contributed by atoms with Crippen LogP contribution >= 0.6 is 0 Å². The average Bonchev–Trinajstić information content (AvgIpc) is 2.60. The van der Waals surface area contributed by atoms with Crippen LogP contribution in [0.15, 0.2) is 18.2 Å². The van der Waals surface area contributed by atoms with Gasteiger partial charge in [-0.1, -0.05) is 18.2 Å². The molecule has 0 aliphatic heterocycles. The molecule has 1 aromatic rings. The maximum absolute atomic E-state index is 13.1. The SMILES string of the molecule is CC(=O)NC12CC3CC(C1)CC(C(=O)OCC(=O)Nc1c(C)cccc1C)(C3)C2. The Hall–Kier alpha value is -2.37. The summed E-state index contributed by atoms with van der Waals surface area (Å²) in [5.41, 5.74) is 1.87. The van der Waals surface area contributed by atoms with E-state index in [1.807, 2.05) is 32.0 Å². The topological polar surface area (TPSA) is 84.5 Å². The van der Waals surface area contributed by atoms with E-state index in [9.17, 15) is 14.4 Å². The number of amides is 2. The summed E-state index contributed by atoms with van der Waals surface area (Å²) in [7, 11) is 0. The van der Waals surface area contributed by atoms with Gasteiger partial charge in [0.15, 0.2) is 6.61 Å². The molecule has 5 rings (SSSR count). The van der Waals surface area contributed by atoms with Crippen LogP contribution in [0.4, 0.5) is 5.69 Å². The minimum absolute atomic E-state index is 0.0385. The van der Waals surface area contributed by atoms with Crippen molar-refractivity contribution >= 4 is 23.5 Å². The lowest BCUT2D eigenvalue weighted by Crippen LogP contribution is -2.64. The van der Waals surface area contributed by atoms with E-state index < -0.39 is 5.41 Å². The predicted octanol–water partition coefficient (Wildman–Crippen LogP) is 3.26. The number of nitrogens with one attached hydrogen (secondary N) is 2. The third kappa shape index (κ3) is 3.77. The molecule has 0 saturated heterocycles. The highest BCUT2D eigenvalue weighted by Gasteiger charge is 2.61. The van der Waals surface area contributed by atoms with Gasteiger partial charge in [-0.15, -0.1) is 0 Å². The van der Waals surface area contributed by atoms with Crippen LogP contribution in [-0.4, -0.2) is 29.9 Å². The molecule has 156 valence electrons. The van der Waals surface area contributed by atoms with Crippen LogP contribution in [0.3, 0.4) is 0 Å². The van der Waals surface area contributed by atoms with Crippen LogP contribution in [0.25, 0.3) is 0 Å². The van der Waals surface area contributed by atoms with Crippen LogP contribution in [0.5, 0.6) is 0 Å². The highest BCUT2D eigenvalue weighted by molar-refractivity contribution is 5.94. The predicted molar refractivity (Wildman–Crippen MR) is 109 cm³/mol. The Bertz CT molecular complexity index is 828. The molecule has 0 aromatic heterocycles. The lowest BCUT2D eigenvalue weighted by atomic mass is 9.47. The summed E-state index contributed by atoms with van der Waals surface area (Å²) in [6.45, 7) is 5.13. The number of para-hydroxylation sites is 1. The maximum atomic E-state index is 13.1. The third-order valence-electron chi connectivity index (χ3n) is 7.02. The zero-order valence-corrected chi connectivity index (χ0v) is 17.5. The van der Waals surface area contributed by atoms with Crippen molar-refractivity contribution in [2.45, 2.75) is 64.8 Å². The molecule has 0 spiro atoms. The van der Waals surface area contributed by atoms with Gasteiger partial charge in [0.2, 0.25) is 5.91 Å². The summed E-state index contributed by atoms with van der Waals surface area (Å²) < 4.78 is 5.53. The van der Waals surface area contributed by atoms with Crippen molar-refractivity contribution in [3.63, 3.8) is 0 Å². The first-order chi connectivity index (χ1) is 13.7. The van der Waals surface area contributed by atoms with Crippen LogP contribution in [0.2, 0.25) is 0 Å². The second kappa shape index (κ2) is 7.15. The van der Waals surface area contributed by atoms with Gasteiger partial charge in [-0.25, -0.2) is 0 Å². The van der Waals surface area contributed by atoms with Crippen LogP contribution < -0.4 is 10.6 Å². The quantitative estimate of drug-likeness (QED) is 0.746. The fourth-order valence-electron chi connectivity index (χ4n) is 6.49. The molecule has 2 N–H and O–H groups in total. The fraction of sp³-hybridized carbons (Fsp3) is 0.609. The number of anilines is 1. The molecular formula is C23H30N2O4. The van der Waals surface area contributed by atoms with Gasteiger partial charge in [0.05, 0.1) is 5.41 Å². The van der Waals surface area contributed by atoms with E-state index in [2.05, 4.69) is 10.6 Å². The van der Waals surface area contributed by atoms with E-state index in [1.54, 1.807) is 6.92 Å². The molecule has 4 fully saturated rings. The number of ether oxygens (including phenoxy) is 1. The molecule has 0 heterocycles. The third-order valence-corrected chi connectivity index (χ3v) is 7.02.